The minimum Gasteiger partial charge on any atom is -0.390 e. The monoisotopic (exact) mass is 182 g/mol. The van der Waals surface area contributed by atoms with Crippen LogP contribution in [-0.2, 0) is 13.0 Å². The maximum atomic E-state index is 11.0. The molecule has 1 aromatic rings. The zero-order chi connectivity index (χ0) is 9.84. The van der Waals surface area contributed by atoms with E-state index in [0.29, 0.717) is 17.4 Å². The summed E-state index contributed by atoms with van der Waals surface area (Å²) in [5, 5.41) is 8.81. The summed E-state index contributed by atoms with van der Waals surface area (Å²) in [6.07, 6.45) is 0.725. The molecule has 0 aromatic carbocycles. The number of aliphatic hydroxyl groups is 1. The fourth-order valence-corrected chi connectivity index (χ4v) is 1.13. The van der Waals surface area contributed by atoms with Gasteiger partial charge in [0.2, 0.25) is 0 Å². The van der Waals surface area contributed by atoms with E-state index in [1.165, 1.54) is 6.07 Å². The molecule has 0 fully saturated rings. The molecule has 2 N–H and O–H groups in total. The number of aromatic nitrogens is 2. The van der Waals surface area contributed by atoms with Gasteiger partial charge < -0.3 is 10.1 Å². The van der Waals surface area contributed by atoms with Gasteiger partial charge in [0, 0.05) is 12.5 Å². The van der Waals surface area contributed by atoms with E-state index in [1.807, 2.05) is 13.8 Å². The molecule has 0 bridgehead atoms. The van der Waals surface area contributed by atoms with E-state index in [4.69, 9.17) is 5.11 Å². The Bertz CT molecular complexity index is 331. The lowest BCUT2D eigenvalue weighted by Gasteiger charge is -2.04. The molecule has 13 heavy (non-hydrogen) atoms. The van der Waals surface area contributed by atoms with Gasteiger partial charge in [-0.25, -0.2) is 4.98 Å². The Hall–Kier alpha value is -1.16. The maximum absolute atomic E-state index is 11.0. The molecule has 1 aromatic heterocycles. The van der Waals surface area contributed by atoms with Gasteiger partial charge in [-0.2, -0.15) is 0 Å². The first-order chi connectivity index (χ1) is 6.11. The first-order valence-corrected chi connectivity index (χ1v) is 4.31. The highest BCUT2D eigenvalue weighted by molar-refractivity contribution is 5.01. The lowest BCUT2D eigenvalue weighted by Crippen LogP contribution is -2.14. The van der Waals surface area contributed by atoms with E-state index >= 15 is 0 Å². The van der Waals surface area contributed by atoms with E-state index in [-0.39, 0.29) is 12.2 Å². The van der Waals surface area contributed by atoms with Crippen LogP contribution in [0.5, 0.6) is 0 Å². The summed E-state index contributed by atoms with van der Waals surface area (Å²) in [6, 6.07) is 1.31. The summed E-state index contributed by atoms with van der Waals surface area (Å²) in [6.45, 7) is 3.91. The van der Waals surface area contributed by atoms with Gasteiger partial charge in [0.15, 0.2) is 0 Å². The Kier molecular flexibility index (Phi) is 3.19. The summed E-state index contributed by atoms with van der Waals surface area (Å²) in [4.78, 5) is 17.8. The van der Waals surface area contributed by atoms with Gasteiger partial charge in [0.25, 0.3) is 5.56 Å². The topological polar surface area (TPSA) is 66.0 Å². The van der Waals surface area contributed by atoms with E-state index in [1.54, 1.807) is 0 Å². The number of aliphatic hydroxyl groups excluding tert-OH is 1. The molecule has 1 rings (SSSR count). The number of hydrogen-bond donors (Lipinski definition) is 2. The highest BCUT2D eigenvalue weighted by atomic mass is 16.3. The Morgan fingerprint density at radius 3 is 2.85 bits per heavy atom. The summed E-state index contributed by atoms with van der Waals surface area (Å²) in [5.41, 5.74) is 0.231. The van der Waals surface area contributed by atoms with Crippen LogP contribution in [0.2, 0.25) is 0 Å². The number of hydrogen-bond acceptors (Lipinski definition) is 3. The Morgan fingerprint density at radius 1 is 1.62 bits per heavy atom. The standard InChI is InChI=1S/C9H14N2O2/c1-6(2)3-8-10-7(5-12)4-9(13)11-8/h4,6,12H,3,5H2,1-2H3,(H,10,11,13). The Balaban J connectivity index is 2.95. The number of nitrogens with zero attached hydrogens (tertiary/aromatic N) is 1. The molecule has 0 radical (unpaired) electrons. The van der Waals surface area contributed by atoms with Crippen LogP contribution in [0, 0.1) is 5.92 Å². The quantitative estimate of drug-likeness (QED) is 0.713. The maximum Gasteiger partial charge on any atom is 0.251 e. The van der Waals surface area contributed by atoms with Crippen LogP contribution in [0.1, 0.15) is 25.4 Å². The van der Waals surface area contributed by atoms with Crippen LogP contribution in [0.25, 0.3) is 0 Å². The van der Waals surface area contributed by atoms with Gasteiger partial charge in [0.05, 0.1) is 12.3 Å². The molecule has 0 amide bonds. The largest absolute Gasteiger partial charge is 0.390 e. The average Bonchev–Trinajstić information content (AvgIpc) is 2.01. The van der Waals surface area contributed by atoms with Crippen LogP contribution >= 0.6 is 0 Å². The predicted octanol–water partition coefficient (Wildman–Crippen LogP) is 0.461. The van der Waals surface area contributed by atoms with E-state index in [2.05, 4.69) is 9.97 Å². The van der Waals surface area contributed by atoms with Crippen molar-refractivity contribution in [2.45, 2.75) is 26.9 Å². The molecule has 0 atom stereocenters. The summed E-state index contributed by atoms with van der Waals surface area (Å²) < 4.78 is 0. The lowest BCUT2D eigenvalue weighted by atomic mass is 10.1. The van der Waals surface area contributed by atoms with Gasteiger partial charge in [-0.1, -0.05) is 13.8 Å². The predicted molar refractivity (Wildman–Crippen MR) is 49.3 cm³/mol. The third-order valence-corrected chi connectivity index (χ3v) is 1.61. The molecule has 0 aliphatic rings. The van der Waals surface area contributed by atoms with Crippen molar-refractivity contribution in [3.8, 4) is 0 Å². The number of H-pyrrole nitrogens is 1. The zero-order valence-corrected chi connectivity index (χ0v) is 7.87. The molecular weight excluding hydrogens is 168 g/mol. The third-order valence-electron chi connectivity index (χ3n) is 1.61. The molecule has 0 spiro atoms. The molecule has 4 heteroatoms. The van der Waals surface area contributed by atoms with Gasteiger partial charge >= 0.3 is 0 Å². The summed E-state index contributed by atoms with van der Waals surface area (Å²) in [7, 11) is 0. The summed E-state index contributed by atoms with van der Waals surface area (Å²) in [5.74, 6) is 1.09. The molecule has 0 saturated carbocycles. The van der Waals surface area contributed by atoms with E-state index < -0.39 is 0 Å². The zero-order valence-electron chi connectivity index (χ0n) is 7.87. The van der Waals surface area contributed by atoms with Crippen LogP contribution in [0.4, 0.5) is 0 Å². The summed E-state index contributed by atoms with van der Waals surface area (Å²) >= 11 is 0. The van der Waals surface area contributed by atoms with Crippen LogP contribution < -0.4 is 5.56 Å². The second-order valence-electron chi connectivity index (χ2n) is 3.44. The Labute approximate surface area is 76.7 Å². The van der Waals surface area contributed by atoms with Crippen molar-refractivity contribution in [1.82, 2.24) is 9.97 Å². The molecule has 0 unspecified atom stereocenters. The van der Waals surface area contributed by atoms with Crippen molar-refractivity contribution in [1.29, 1.82) is 0 Å². The fourth-order valence-electron chi connectivity index (χ4n) is 1.13. The first-order valence-electron chi connectivity index (χ1n) is 4.31. The van der Waals surface area contributed by atoms with Crippen molar-refractivity contribution < 1.29 is 5.11 Å². The molecule has 0 aliphatic heterocycles. The fraction of sp³-hybridized carbons (Fsp3) is 0.556. The van der Waals surface area contributed by atoms with Crippen LogP contribution in [-0.4, -0.2) is 15.1 Å². The first kappa shape index (κ1) is 9.92. The minimum absolute atomic E-state index is 0.186. The molecule has 0 saturated heterocycles. The number of aromatic amines is 1. The van der Waals surface area contributed by atoms with E-state index in [0.717, 1.165) is 6.42 Å². The number of nitrogens with one attached hydrogen (secondary N) is 1. The van der Waals surface area contributed by atoms with Crippen molar-refractivity contribution in [3.63, 3.8) is 0 Å². The average molecular weight is 182 g/mol. The normalized spacial score (nSPS) is 10.8. The molecular formula is C9H14N2O2. The van der Waals surface area contributed by atoms with Gasteiger partial charge in [-0.3, -0.25) is 4.79 Å². The highest BCUT2D eigenvalue weighted by Crippen LogP contribution is 2.01. The van der Waals surface area contributed by atoms with Crippen molar-refractivity contribution in [2.24, 2.45) is 5.92 Å². The van der Waals surface area contributed by atoms with Gasteiger partial charge in [-0.15, -0.1) is 0 Å². The van der Waals surface area contributed by atoms with Crippen molar-refractivity contribution in [2.75, 3.05) is 0 Å². The van der Waals surface area contributed by atoms with Gasteiger partial charge in [-0.05, 0) is 5.92 Å². The Morgan fingerprint density at radius 2 is 2.31 bits per heavy atom. The highest BCUT2D eigenvalue weighted by Gasteiger charge is 2.02. The third kappa shape index (κ3) is 2.99. The van der Waals surface area contributed by atoms with Gasteiger partial charge in [0.1, 0.15) is 5.82 Å². The van der Waals surface area contributed by atoms with Crippen LogP contribution in [0.3, 0.4) is 0 Å². The smallest absolute Gasteiger partial charge is 0.251 e. The molecule has 4 nitrogen and oxygen atoms in total. The molecule has 1 heterocycles. The van der Waals surface area contributed by atoms with Crippen LogP contribution in [0.15, 0.2) is 10.9 Å². The van der Waals surface area contributed by atoms with Crippen molar-refractivity contribution in [3.05, 3.63) is 27.9 Å². The molecule has 72 valence electrons. The second-order valence-corrected chi connectivity index (χ2v) is 3.44. The van der Waals surface area contributed by atoms with E-state index in [9.17, 15) is 4.79 Å². The second kappa shape index (κ2) is 4.18. The lowest BCUT2D eigenvalue weighted by molar-refractivity contribution is 0.276. The minimum atomic E-state index is -0.199. The SMILES string of the molecule is CC(C)Cc1nc(CO)cc(=O)[nH]1. The number of rotatable bonds is 3. The molecule has 0 aliphatic carbocycles. The van der Waals surface area contributed by atoms with Crippen molar-refractivity contribution >= 4 is 0 Å².